The van der Waals surface area contributed by atoms with Crippen molar-refractivity contribution in [2.45, 2.75) is 36.9 Å². The second kappa shape index (κ2) is 7.41. The number of amides is 1. The first kappa shape index (κ1) is 19.6. The van der Waals surface area contributed by atoms with Crippen LogP contribution in [0.4, 0.5) is 5.82 Å². The number of morpholine rings is 1. The summed E-state index contributed by atoms with van der Waals surface area (Å²) in [6, 6.07) is 7.80. The van der Waals surface area contributed by atoms with Crippen molar-refractivity contribution in [3.05, 3.63) is 46.1 Å². The quantitative estimate of drug-likeness (QED) is 0.345. The molecule has 1 aromatic carbocycles. The molecule has 30 heavy (non-hydrogen) atoms. The number of nitrogens with one attached hydrogen (secondary N) is 2. The Labute approximate surface area is 185 Å². The van der Waals surface area contributed by atoms with Gasteiger partial charge in [-0.2, -0.15) is 0 Å². The molecule has 4 heterocycles. The maximum Gasteiger partial charge on any atom is 0.220 e. The van der Waals surface area contributed by atoms with E-state index in [9.17, 15) is 9.90 Å². The molecule has 2 aliphatic heterocycles. The molecule has 156 valence electrons. The van der Waals surface area contributed by atoms with Crippen molar-refractivity contribution in [3.63, 3.8) is 0 Å². The van der Waals surface area contributed by atoms with Gasteiger partial charge < -0.3 is 26.2 Å². The number of hydrogen-bond acceptors (Lipinski definition) is 8. The van der Waals surface area contributed by atoms with Crippen LogP contribution in [0.3, 0.4) is 0 Å². The second-order valence-electron chi connectivity index (χ2n) is 7.60. The summed E-state index contributed by atoms with van der Waals surface area (Å²) in [6.07, 6.45) is 1.61. The van der Waals surface area contributed by atoms with Crippen molar-refractivity contribution in [2.24, 2.45) is 5.73 Å². The van der Waals surface area contributed by atoms with Crippen LogP contribution in [-0.2, 0) is 16.1 Å². The summed E-state index contributed by atoms with van der Waals surface area (Å²) in [7, 11) is 0. The number of nitrogens with two attached hydrogens (primary N) is 1. The highest BCUT2D eigenvalue weighted by Gasteiger charge is 2.60. The van der Waals surface area contributed by atoms with Crippen LogP contribution in [0.1, 0.15) is 18.2 Å². The summed E-state index contributed by atoms with van der Waals surface area (Å²) >= 11 is 2.28. The van der Waals surface area contributed by atoms with Crippen molar-refractivity contribution in [2.75, 3.05) is 11.9 Å². The van der Waals surface area contributed by atoms with Gasteiger partial charge in [-0.25, -0.2) is 15.0 Å². The predicted molar refractivity (Wildman–Crippen MR) is 116 cm³/mol. The van der Waals surface area contributed by atoms with Crippen LogP contribution in [0.15, 0.2) is 36.9 Å². The number of carbonyl (C=O) groups is 1. The molecule has 4 atom stereocenters. The molecule has 5 N–H and O–H groups in total. The minimum Gasteiger partial charge on any atom is -0.388 e. The van der Waals surface area contributed by atoms with E-state index in [0.717, 1.165) is 9.13 Å². The van der Waals surface area contributed by atoms with E-state index >= 15 is 0 Å². The molecule has 0 radical (unpaired) electrons. The highest BCUT2D eigenvalue weighted by atomic mass is 127. The van der Waals surface area contributed by atoms with E-state index in [0.29, 0.717) is 30.1 Å². The molecule has 10 nitrogen and oxygen atoms in total. The number of carbonyl (C=O) groups excluding carboxylic acids is 1. The van der Waals surface area contributed by atoms with Crippen molar-refractivity contribution in [1.29, 1.82) is 0 Å². The summed E-state index contributed by atoms with van der Waals surface area (Å²) in [5, 5.41) is 17.2. The molecule has 11 heteroatoms. The molecule has 2 saturated heterocycles. The van der Waals surface area contributed by atoms with Crippen LogP contribution >= 0.6 is 22.6 Å². The first-order chi connectivity index (χ1) is 14.5. The molecular formula is C19H20IN7O3. The molecule has 5 rings (SSSR count). The van der Waals surface area contributed by atoms with Gasteiger partial charge in [0.15, 0.2) is 23.2 Å². The third-order valence-electron chi connectivity index (χ3n) is 5.63. The number of benzene rings is 1. The molecule has 2 aromatic heterocycles. The van der Waals surface area contributed by atoms with Crippen molar-refractivity contribution < 1.29 is 14.6 Å². The molecule has 2 bridgehead atoms. The minimum absolute atomic E-state index is 0.0571. The highest BCUT2D eigenvalue weighted by molar-refractivity contribution is 14.1. The van der Waals surface area contributed by atoms with E-state index in [2.05, 4.69) is 54.2 Å². The Kier molecular flexibility index (Phi) is 4.84. The molecule has 1 amide bonds. The van der Waals surface area contributed by atoms with Gasteiger partial charge in [-0.1, -0.05) is 12.1 Å². The van der Waals surface area contributed by atoms with Gasteiger partial charge in [0.05, 0.1) is 18.8 Å². The van der Waals surface area contributed by atoms with Crippen LogP contribution in [0.25, 0.3) is 11.2 Å². The number of nitrogens with zero attached hydrogens (tertiary/aromatic N) is 4. The van der Waals surface area contributed by atoms with Crippen LogP contribution in [0.5, 0.6) is 0 Å². The van der Waals surface area contributed by atoms with Crippen molar-refractivity contribution in [3.8, 4) is 0 Å². The number of hydrogen-bond donors (Lipinski definition) is 4. The van der Waals surface area contributed by atoms with E-state index in [1.54, 1.807) is 10.9 Å². The van der Waals surface area contributed by atoms with Gasteiger partial charge in [0.25, 0.3) is 0 Å². The number of imidazole rings is 1. The zero-order valence-electron chi connectivity index (χ0n) is 15.8. The Morgan fingerprint density at radius 2 is 2.30 bits per heavy atom. The Hall–Kier alpha value is -2.35. The molecule has 2 fully saturated rings. The van der Waals surface area contributed by atoms with Gasteiger partial charge in [0.1, 0.15) is 18.0 Å². The fraction of sp³-hybridized carbons (Fsp3) is 0.368. The topological polar surface area (TPSA) is 140 Å². The minimum atomic E-state index is -1.03. The fourth-order valence-electron chi connectivity index (χ4n) is 4.25. The monoisotopic (exact) mass is 521 g/mol. The first-order valence-electron chi connectivity index (χ1n) is 9.50. The average Bonchev–Trinajstić information content (AvgIpc) is 3.35. The Bertz CT molecular complexity index is 1120. The van der Waals surface area contributed by atoms with Crippen molar-refractivity contribution in [1.82, 2.24) is 24.8 Å². The fourth-order valence-corrected chi connectivity index (χ4v) is 4.86. The van der Waals surface area contributed by atoms with Gasteiger partial charge >= 0.3 is 0 Å². The van der Waals surface area contributed by atoms with Crippen LogP contribution < -0.4 is 16.4 Å². The largest absolute Gasteiger partial charge is 0.388 e. The molecule has 2 aliphatic rings. The number of rotatable bonds is 6. The maximum absolute atomic E-state index is 11.5. The number of aromatic nitrogens is 4. The number of primary amides is 1. The number of aliphatic hydroxyl groups is 1. The van der Waals surface area contributed by atoms with Gasteiger partial charge in [0.2, 0.25) is 5.91 Å². The molecular weight excluding hydrogens is 501 g/mol. The lowest BCUT2D eigenvalue weighted by atomic mass is 9.95. The zero-order chi connectivity index (χ0) is 20.9. The Balaban J connectivity index is 1.42. The predicted octanol–water partition coefficient (Wildman–Crippen LogP) is 0.519. The normalized spacial score (nSPS) is 27.6. The van der Waals surface area contributed by atoms with Gasteiger partial charge in [0, 0.05) is 16.7 Å². The van der Waals surface area contributed by atoms with Gasteiger partial charge in [-0.3, -0.25) is 9.36 Å². The van der Waals surface area contributed by atoms with Crippen LogP contribution in [0.2, 0.25) is 0 Å². The summed E-state index contributed by atoms with van der Waals surface area (Å²) in [4.78, 5) is 24.7. The number of anilines is 1. The SMILES string of the molecule is NC(=O)C[C@]12CN[C@@H]([C@H](n3cnc4c(NCc5cccc(I)c5)ncnc43)O1)[C@@H]2O. The first-order valence-corrected chi connectivity index (χ1v) is 10.6. The average molecular weight is 521 g/mol. The Morgan fingerprint density at radius 1 is 1.43 bits per heavy atom. The van der Waals surface area contributed by atoms with E-state index in [1.165, 1.54) is 6.33 Å². The van der Waals surface area contributed by atoms with Crippen molar-refractivity contribution >= 4 is 45.5 Å². The third-order valence-corrected chi connectivity index (χ3v) is 6.31. The summed E-state index contributed by atoms with van der Waals surface area (Å²) in [6.45, 7) is 0.961. The highest BCUT2D eigenvalue weighted by Crippen LogP contribution is 2.44. The van der Waals surface area contributed by atoms with E-state index < -0.39 is 23.8 Å². The molecule has 0 unspecified atom stereocenters. The lowest BCUT2D eigenvalue weighted by molar-refractivity contribution is -0.137. The number of ether oxygens (including phenoxy) is 1. The molecule has 0 aliphatic carbocycles. The lowest BCUT2D eigenvalue weighted by Gasteiger charge is -2.30. The molecule has 3 aromatic rings. The van der Waals surface area contributed by atoms with Crippen LogP contribution in [0, 0.1) is 3.57 Å². The van der Waals surface area contributed by atoms with Gasteiger partial charge in [-0.15, -0.1) is 0 Å². The van der Waals surface area contributed by atoms with E-state index in [4.69, 9.17) is 10.5 Å². The zero-order valence-corrected chi connectivity index (χ0v) is 18.0. The Morgan fingerprint density at radius 3 is 3.10 bits per heavy atom. The van der Waals surface area contributed by atoms with Gasteiger partial charge in [-0.05, 0) is 40.3 Å². The summed E-state index contributed by atoms with van der Waals surface area (Å²) in [5.74, 6) is 0.0955. The molecule has 0 spiro atoms. The standard InChI is InChI=1S/C19H20IN7O3/c20-11-3-1-2-10(4-11)6-22-16-14-17(25-8-24-16)27(9-26-14)18-13-15(29)19(30-18,7-23-13)5-12(21)28/h1-4,8-9,13,15,18,23,29H,5-7H2,(H2,21,28)(H,22,24,25)/t13-,15+,18-,19-/m1/s1. The third kappa shape index (κ3) is 3.21. The molecule has 0 saturated carbocycles. The second-order valence-corrected chi connectivity index (χ2v) is 8.84. The number of fused-ring (bicyclic) bond motifs is 3. The van der Waals surface area contributed by atoms with E-state index in [-0.39, 0.29) is 12.5 Å². The number of halogens is 1. The smallest absolute Gasteiger partial charge is 0.220 e. The number of aliphatic hydroxyl groups excluding tert-OH is 1. The lowest BCUT2D eigenvalue weighted by Crippen LogP contribution is -2.46. The van der Waals surface area contributed by atoms with E-state index in [1.807, 2.05) is 18.2 Å². The maximum atomic E-state index is 11.5. The summed E-state index contributed by atoms with van der Waals surface area (Å²) in [5.41, 5.74) is 6.66. The van der Waals surface area contributed by atoms with Crippen LogP contribution in [-0.4, -0.2) is 54.8 Å². The summed E-state index contributed by atoms with van der Waals surface area (Å²) < 4.78 is 9.05.